The molecule has 0 aliphatic carbocycles. The van der Waals surface area contributed by atoms with Gasteiger partial charge in [-0.1, -0.05) is 68.4 Å². The van der Waals surface area contributed by atoms with E-state index in [4.69, 9.17) is 42.3 Å². The van der Waals surface area contributed by atoms with Crippen molar-refractivity contribution >= 4 is 20.1 Å². The molecule has 7 atom stereocenters. The summed E-state index contributed by atoms with van der Waals surface area (Å²) in [7, 11) is 4.12. The van der Waals surface area contributed by atoms with Crippen molar-refractivity contribution in [2.24, 2.45) is 11.3 Å². The molecule has 296 valence electrons. The lowest BCUT2D eigenvalue weighted by molar-refractivity contribution is -0.187. The van der Waals surface area contributed by atoms with Crippen molar-refractivity contribution in [1.29, 1.82) is 0 Å². The molecule has 2 aliphatic heterocycles. The average Bonchev–Trinajstić information content (AvgIpc) is 3.06. The molecule has 0 spiro atoms. The summed E-state index contributed by atoms with van der Waals surface area (Å²) in [4.78, 5) is 27.2. The summed E-state index contributed by atoms with van der Waals surface area (Å²) in [5.41, 5.74) is 1.58. The molecular weight excluding hydrogens is 673 g/mol. The monoisotopic (exact) mass is 742 g/mol. The van der Waals surface area contributed by atoms with E-state index in [-0.39, 0.29) is 38.1 Å². The molecule has 2 aliphatic rings. The van der Waals surface area contributed by atoms with Crippen LogP contribution in [0.4, 0.5) is 0 Å². The predicted molar refractivity (Wildman–Crippen MR) is 200 cm³/mol. The second kappa shape index (κ2) is 21.3. The zero-order valence-electron chi connectivity index (χ0n) is 34.1. The van der Waals surface area contributed by atoms with Crippen LogP contribution >= 0.6 is 0 Å². The second-order valence-corrected chi connectivity index (χ2v) is 21.1. The molecule has 2 heterocycles. The van der Waals surface area contributed by atoms with E-state index in [9.17, 15) is 9.59 Å². The van der Waals surface area contributed by atoms with Gasteiger partial charge >= 0.3 is 5.97 Å². The zero-order valence-corrected chi connectivity index (χ0v) is 35.1. The molecule has 1 fully saturated rings. The topological polar surface area (TPSA) is 117 Å². The molecule has 12 heteroatoms. The fourth-order valence-electron chi connectivity index (χ4n) is 7.92. The second-order valence-electron chi connectivity index (χ2n) is 15.7. The summed E-state index contributed by atoms with van der Waals surface area (Å²) in [6, 6.07) is 0. The first-order valence-corrected chi connectivity index (χ1v) is 20.9. The molecule has 0 saturated carbocycles. The molecule has 51 heavy (non-hydrogen) atoms. The van der Waals surface area contributed by atoms with Crippen molar-refractivity contribution in [1.82, 2.24) is 0 Å². The van der Waals surface area contributed by atoms with Gasteiger partial charge in [0.05, 0.1) is 18.3 Å². The zero-order chi connectivity index (χ0) is 38.5. The lowest BCUT2D eigenvalue weighted by Crippen LogP contribution is -2.48. The number of hydrogen-bond donors (Lipinski definition) is 0. The van der Waals surface area contributed by atoms with Crippen molar-refractivity contribution in [3.8, 4) is 0 Å². The van der Waals surface area contributed by atoms with Crippen molar-refractivity contribution in [2.45, 2.75) is 155 Å². The largest absolute Gasteiger partial charge is 0.493 e. The number of rotatable bonds is 17. The number of ketones is 1. The Balaban J connectivity index is 2.63. The third kappa shape index (κ3) is 12.2. The molecule has 0 aromatic rings. The molecule has 11 nitrogen and oxygen atoms in total. The number of methoxy groups -OCH3 is 4. The summed E-state index contributed by atoms with van der Waals surface area (Å²) in [6.07, 6.45) is 1.76. The van der Waals surface area contributed by atoms with Crippen LogP contribution in [-0.2, 0) is 51.9 Å². The van der Waals surface area contributed by atoms with Crippen LogP contribution in [0.25, 0.3) is 0 Å². The number of allylic oxidation sites excluding steroid dienone is 1. The number of carbonyl (C=O) groups excluding carboxylic acids is 2. The number of ether oxygens (including phenoxy) is 8. The van der Waals surface area contributed by atoms with Crippen LogP contribution in [0.5, 0.6) is 0 Å². The Morgan fingerprint density at radius 3 is 2.04 bits per heavy atom. The number of carbonyl (C=O) groups is 2. The van der Waals surface area contributed by atoms with E-state index in [2.05, 4.69) is 54.5 Å². The maximum atomic E-state index is 14.1. The van der Waals surface area contributed by atoms with Gasteiger partial charge in [-0.15, -0.1) is 0 Å². The number of fused-ring (bicyclic) bond motifs is 2. The van der Waals surface area contributed by atoms with Crippen LogP contribution in [0.1, 0.15) is 101 Å². The van der Waals surface area contributed by atoms with Gasteiger partial charge in [-0.2, -0.15) is 0 Å². The predicted octanol–water partition coefficient (Wildman–Crippen LogP) is 7.52. The van der Waals surface area contributed by atoms with Crippen LogP contribution in [0, 0.1) is 11.3 Å². The minimum absolute atomic E-state index is 0.0446. The van der Waals surface area contributed by atoms with Crippen molar-refractivity contribution in [3.63, 3.8) is 0 Å². The van der Waals surface area contributed by atoms with Crippen LogP contribution in [-0.4, -0.2) is 105 Å². The first-order valence-electron chi connectivity index (χ1n) is 18.7. The highest BCUT2D eigenvalue weighted by molar-refractivity contribution is 6.77. The Hall–Kier alpha value is -1.64. The van der Waals surface area contributed by atoms with E-state index >= 15 is 0 Å². The van der Waals surface area contributed by atoms with Crippen LogP contribution in [0.3, 0.4) is 0 Å². The van der Waals surface area contributed by atoms with Crippen molar-refractivity contribution in [2.75, 3.05) is 48.6 Å². The van der Waals surface area contributed by atoms with Gasteiger partial charge in [0.25, 0.3) is 0 Å². The van der Waals surface area contributed by atoms with Crippen LogP contribution < -0.4 is 0 Å². The van der Waals surface area contributed by atoms with Gasteiger partial charge in [-0.25, -0.2) is 4.79 Å². The van der Waals surface area contributed by atoms with Crippen LogP contribution in [0.15, 0.2) is 23.5 Å². The maximum Gasteiger partial charge on any atom is 0.338 e. The van der Waals surface area contributed by atoms with E-state index in [1.54, 1.807) is 20.3 Å². The van der Waals surface area contributed by atoms with Crippen molar-refractivity contribution in [3.05, 3.63) is 23.5 Å². The average molecular weight is 743 g/mol. The number of cyclic esters (lactones) is 1. The smallest absolute Gasteiger partial charge is 0.338 e. The molecule has 0 aromatic heterocycles. The molecule has 2 bridgehead atoms. The normalized spacial score (nSPS) is 27.6. The molecule has 0 N–H and O–H groups in total. The summed E-state index contributed by atoms with van der Waals surface area (Å²) in [5.74, 6) is -0.0480. The highest BCUT2D eigenvalue weighted by atomic mass is 28.4. The van der Waals surface area contributed by atoms with Gasteiger partial charge in [0.15, 0.2) is 20.2 Å². The standard InChI is InChI=1S/C39H70O11Si/c1-15-29(22-48-51(25(2)3,26(4)5)27(6)7)16-28(8)33-19-31(44-13)21-35(46-23-42-11)39(9,10)36-18-30(40)17-32(49-36)20-34(45-14)37(38(41)50-33)47-24-43-12/h16,18,25-27,29,31-35,37H,15,17,19-24H2,1-14H3/b28-16-/t29-,31+,32-,33+,34-,35+,37+/m1/s1. The number of esters is 1. The lowest BCUT2D eigenvalue weighted by Gasteiger charge is -2.43. The SMILES string of the molecule is CC[C@H](/C=C(/C)[C@@H]1C[C@H](OC)C[C@H](OCOC)C(C)(C)C2=CC(=O)C[C@H](C[C@@H](OC)[C@H](OCOC)C(=O)O1)O2)CO[Si](C(C)C)(C(C)C)C(C)C. The van der Waals surface area contributed by atoms with E-state index in [0.29, 0.717) is 41.8 Å². The Morgan fingerprint density at radius 1 is 0.902 bits per heavy atom. The molecule has 0 unspecified atom stereocenters. The van der Waals surface area contributed by atoms with E-state index in [1.165, 1.54) is 14.2 Å². The fraction of sp³-hybridized carbons (Fsp3) is 0.846. The minimum atomic E-state index is -2.09. The molecule has 1 saturated heterocycles. The van der Waals surface area contributed by atoms with Gasteiger partial charge in [0.2, 0.25) is 0 Å². The highest BCUT2D eigenvalue weighted by Crippen LogP contribution is 2.43. The quantitative estimate of drug-likeness (QED) is 0.0638. The Morgan fingerprint density at radius 2 is 1.51 bits per heavy atom. The third-order valence-corrected chi connectivity index (χ3v) is 17.0. The van der Waals surface area contributed by atoms with E-state index < -0.39 is 56.3 Å². The van der Waals surface area contributed by atoms with Gasteiger partial charge in [-0.05, 0) is 41.5 Å². The minimum Gasteiger partial charge on any atom is -0.493 e. The summed E-state index contributed by atoms with van der Waals surface area (Å²) < 4.78 is 54.4. The molecule has 0 radical (unpaired) electrons. The summed E-state index contributed by atoms with van der Waals surface area (Å²) >= 11 is 0. The van der Waals surface area contributed by atoms with Crippen molar-refractivity contribution < 1.29 is 51.9 Å². The first kappa shape index (κ1) is 45.5. The molecule has 2 rings (SSSR count). The first-order chi connectivity index (χ1) is 24.0. The Bertz CT molecular complexity index is 1110. The Labute approximate surface area is 309 Å². The van der Waals surface area contributed by atoms with E-state index in [1.807, 2.05) is 20.8 Å². The van der Waals surface area contributed by atoms with E-state index in [0.717, 1.165) is 12.0 Å². The molecular formula is C39H70O11Si. The number of hydrogen-bond acceptors (Lipinski definition) is 11. The molecule has 0 amide bonds. The summed E-state index contributed by atoms with van der Waals surface area (Å²) in [6.45, 7) is 22.4. The fourth-order valence-corrected chi connectivity index (χ4v) is 13.4. The van der Waals surface area contributed by atoms with Gasteiger partial charge in [-0.3, -0.25) is 4.79 Å². The van der Waals surface area contributed by atoms with Gasteiger partial charge < -0.3 is 42.3 Å². The highest BCUT2D eigenvalue weighted by Gasteiger charge is 2.46. The lowest BCUT2D eigenvalue weighted by atomic mass is 9.79. The molecule has 0 aromatic carbocycles. The third-order valence-electron chi connectivity index (χ3n) is 10.9. The van der Waals surface area contributed by atoms with Crippen LogP contribution in [0.2, 0.25) is 16.6 Å². The maximum absolute atomic E-state index is 14.1. The summed E-state index contributed by atoms with van der Waals surface area (Å²) in [5, 5.41) is 0. The Kier molecular flexibility index (Phi) is 19.0. The van der Waals surface area contributed by atoms with Gasteiger partial charge in [0, 0.05) is 72.2 Å². The van der Waals surface area contributed by atoms with Gasteiger partial charge in [0.1, 0.15) is 31.6 Å².